The van der Waals surface area contributed by atoms with Gasteiger partial charge in [0.25, 0.3) is 5.91 Å². The molecule has 0 saturated carbocycles. The lowest BCUT2D eigenvalue weighted by Gasteiger charge is -2.13. The number of hydrogen-bond donors (Lipinski definition) is 1. The molecular weight excluding hydrogens is 292 g/mol. The van der Waals surface area contributed by atoms with E-state index in [1.165, 1.54) is 11.0 Å². The van der Waals surface area contributed by atoms with Crippen LogP contribution in [0.5, 0.6) is 0 Å². The molecule has 3 aromatic rings. The van der Waals surface area contributed by atoms with E-state index in [1.54, 1.807) is 18.2 Å². The van der Waals surface area contributed by atoms with Crippen LogP contribution in [0.15, 0.2) is 54.9 Å². The van der Waals surface area contributed by atoms with E-state index in [1.807, 2.05) is 49.3 Å². The third kappa shape index (κ3) is 3.34. The Kier molecular flexibility index (Phi) is 4.01. The summed E-state index contributed by atoms with van der Waals surface area (Å²) in [6, 6.07) is 14.8. The number of aromatic nitrogens is 4. The molecule has 0 aliphatic heterocycles. The summed E-state index contributed by atoms with van der Waals surface area (Å²) in [6.45, 7) is 0. The molecule has 7 nitrogen and oxygen atoms in total. The molecule has 3 rings (SSSR count). The molecule has 116 valence electrons. The van der Waals surface area contributed by atoms with Crippen LogP contribution in [0.1, 0.15) is 10.4 Å². The van der Waals surface area contributed by atoms with Crippen LogP contribution >= 0.6 is 0 Å². The maximum Gasteiger partial charge on any atom is 0.255 e. The fraction of sp³-hybridized carbons (Fsp3) is 0.125. The van der Waals surface area contributed by atoms with Crippen LogP contribution < -0.4 is 10.2 Å². The standard InChI is InChI=1S/C16H16N6O/c1-21(2)14-8-6-13(7-9-14)18-16(23)12-4-3-5-15(10-12)22-11-17-19-20-22/h3-11H,1-2H3,(H,18,23). The zero-order valence-corrected chi connectivity index (χ0v) is 12.8. The van der Waals surface area contributed by atoms with Crippen LogP contribution in [0.25, 0.3) is 5.69 Å². The molecule has 0 fully saturated rings. The van der Waals surface area contributed by atoms with E-state index < -0.39 is 0 Å². The minimum Gasteiger partial charge on any atom is -0.378 e. The molecule has 23 heavy (non-hydrogen) atoms. The maximum atomic E-state index is 12.4. The highest BCUT2D eigenvalue weighted by Gasteiger charge is 2.08. The topological polar surface area (TPSA) is 75.9 Å². The lowest BCUT2D eigenvalue weighted by atomic mass is 10.2. The van der Waals surface area contributed by atoms with Crippen LogP contribution in [0, 0.1) is 0 Å². The van der Waals surface area contributed by atoms with Crippen molar-refractivity contribution >= 4 is 17.3 Å². The summed E-state index contributed by atoms with van der Waals surface area (Å²) in [5.74, 6) is -0.183. The predicted molar refractivity (Wildman–Crippen MR) is 87.9 cm³/mol. The monoisotopic (exact) mass is 308 g/mol. The molecule has 0 unspecified atom stereocenters. The highest BCUT2D eigenvalue weighted by Crippen LogP contribution is 2.17. The van der Waals surface area contributed by atoms with Gasteiger partial charge >= 0.3 is 0 Å². The normalized spacial score (nSPS) is 10.3. The van der Waals surface area contributed by atoms with E-state index in [-0.39, 0.29) is 5.91 Å². The molecule has 0 radical (unpaired) electrons. The number of hydrogen-bond acceptors (Lipinski definition) is 5. The molecule has 2 aromatic carbocycles. The van der Waals surface area contributed by atoms with Gasteiger partial charge in [-0.2, -0.15) is 0 Å². The van der Waals surface area contributed by atoms with E-state index in [9.17, 15) is 4.79 Å². The van der Waals surface area contributed by atoms with Crippen LogP contribution in [-0.4, -0.2) is 40.2 Å². The van der Waals surface area contributed by atoms with Gasteiger partial charge in [-0.1, -0.05) is 6.07 Å². The van der Waals surface area contributed by atoms with Crippen molar-refractivity contribution in [3.05, 3.63) is 60.4 Å². The molecule has 1 heterocycles. The van der Waals surface area contributed by atoms with Crippen LogP contribution in [-0.2, 0) is 0 Å². The molecule has 1 aromatic heterocycles. The average Bonchev–Trinajstić information content (AvgIpc) is 3.10. The molecule has 0 spiro atoms. The fourth-order valence-electron chi connectivity index (χ4n) is 2.12. The van der Waals surface area contributed by atoms with Gasteiger partial charge < -0.3 is 10.2 Å². The second kappa shape index (κ2) is 6.27. The van der Waals surface area contributed by atoms with Crippen molar-refractivity contribution in [2.45, 2.75) is 0 Å². The molecule has 0 aliphatic rings. The first-order chi connectivity index (χ1) is 11.1. The van der Waals surface area contributed by atoms with Crippen LogP contribution in [0.4, 0.5) is 11.4 Å². The van der Waals surface area contributed by atoms with Crippen LogP contribution in [0.2, 0.25) is 0 Å². The molecule has 1 amide bonds. The van der Waals surface area contributed by atoms with Crippen LogP contribution in [0.3, 0.4) is 0 Å². The minimum absolute atomic E-state index is 0.183. The fourth-order valence-corrected chi connectivity index (χ4v) is 2.12. The number of tetrazole rings is 1. The van der Waals surface area contributed by atoms with Crippen molar-refractivity contribution in [3.8, 4) is 5.69 Å². The van der Waals surface area contributed by atoms with E-state index in [4.69, 9.17) is 0 Å². The maximum absolute atomic E-state index is 12.4. The number of carbonyl (C=O) groups is 1. The van der Waals surface area contributed by atoms with Gasteiger partial charge in [0.15, 0.2) is 0 Å². The number of nitrogens with one attached hydrogen (secondary N) is 1. The number of benzene rings is 2. The van der Waals surface area contributed by atoms with E-state index in [0.29, 0.717) is 5.56 Å². The second-order valence-corrected chi connectivity index (χ2v) is 5.20. The molecule has 0 aliphatic carbocycles. The molecule has 0 bridgehead atoms. The Bertz CT molecular complexity index is 796. The largest absolute Gasteiger partial charge is 0.378 e. The number of rotatable bonds is 4. The summed E-state index contributed by atoms with van der Waals surface area (Å²) in [6.07, 6.45) is 1.48. The Balaban J connectivity index is 1.77. The number of carbonyl (C=O) groups excluding carboxylic acids is 1. The van der Waals surface area contributed by atoms with Gasteiger partial charge in [-0.05, 0) is 52.9 Å². The van der Waals surface area contributed by atoms with Crippen molar-refractivity contribution in [1.82, 2.24) is 20.2 Å². The zero-order chi connectivity index (χ0) is 16.2. The Morgan fingerprint density at radius 1 is 1.13 bits per heavy atom. The second-order valence-electron chi connectivity index (χ2n) is 5.20. The Morgan fingerprint density at radius 3 is 2.57 bits per heavy atom. The predicted octanol–water partition coefficient (Wildman–Crippen LogP) is 1.98. The van der Waals surface area contributed by atoms with Crippen molar-refractivity contribution < 1.29 is 4.79 Å². The minimum atomic E-state index is -0.183. The molecule has 0 saturated heterocycles. The Labute approximate surface area is 133 Å². The van der Waals surface area contributed by atoms with E-state index >= 15 is 0 Å². The van der Waals surface area contributed by atoms with Crippen molar-refractivity contribution in [1.29, 1.82) is 0 Å². The van der Waals surface area contributed by atoms with Gasteiger partial charge in [0.05, 0.1) is 5.69 Å². The molecular formula is C16H16N6O. The molecule has 7 heteroatoms. The Morgan fingerprint density at radius 2 is 1.91 bits per heavy atom. The summed E-state index contributed by atoms with van der Waals surface area (Å²) in [7, 11) is 3.94. The van der Waals surface area contributed by atoms with Gasteiger partial charge in [0.1, 0.15) is 6.33 Å². The highest BCUT2D eigenvalue weighted by atomic mass is 16.1. The summed E-state index contributed by atoms with van der Waals surface area (Å²) in [5, 5.41) is 13.9. The van der Waals surface area contributed by atoms with Gasteiger partial charge in [0, 0.05) is 31.0 Å². The van der Waals surface area contributed by atoms with Gasteiger partial charge in [-0.15, -0.1) is 5.10 Å². The van der Waals surface area contributed by atoms with Crippen molar-refractivity contribution in [2.75, 3.05) is 24.3 Å². The average molecular weight is 308 g/mol. The lowest BCUT2D eigenvalue weighted by molar-refractivity contribution is 0.102. The molecule has 0 atom stereocenters. The van der Waals surface area contributed by atoms with Gasteiger partial charge in [0.2, 0.25) is 0 Å². The van der Waals surface area contributed by atoms with Gasteiger partial charge in [-0.3, -0.25) is 4.79 Å². The number of anilines is 2. The SMILES string of the molecule is CN(C)c1ccc(NC(=O)c2cccc(-n3cnnn3)c2)cc1. The summed E-state index contributed by atoms with van der Waals surface area (Å²) in [4.78, 5) is 14.4. The first-order valence-electron chi connectivity index (χ1n) is 7.05. The lowest BCUT2D eigenvalue weighted by Crippen LogP contribution is -2.13. The summed E-state index contributed by atoms with van der Waals surface area (Å²) < 4.78 is 1.50. The molecule has 1 N–H and O–H groups in total. The highest BCUT2D eigenvalue weighted by molar-refractivity contribution is 6.04. The van der Waals surface area contributed by atoms with Crippen molar-refractivity contribution in [2.24, 2.45) is 0 Å². The first-order valence-corrected chi connectivity index (χ1v) is 7.05. The Hall–Kier alpha value is -3.22. The quantitative estimate of drug-likeness (QED) is 0.797. The number of nitrogens with zero attached hydrogens (tertiary/aromatic N) is 5. The summed E-state index contributed by atoms with van der Waals surface area (Å²) in [5.41, 5.74) is 3.08. The third-order valence-corrected chi connectivity index (χ3v) is 3.36. The van der Waals surface area contributed by atoms with Crippen molar-refractivity contribution in [3.63, 3.8) is 0 Å². The summed E-state index contributed by atoms with van der Waals surface area (Å²) >= 11 is 0. The zero-order valence-electron chi connectivity index (χ0n) is 12.8. The van der Waals surface area contributed by atoms with E-state index in [2.05, 4.69) is 20.8 Å². The van der Waals surface area contributed by atoms with E-state index in [0.717, 1.165) is 17.1 Å². The van der Waals surface area contributed by atoms with Gasteiger partial charge in [-0.25, -0.2) is 4.68 Å². The third-order valence-electron chi connectivity index (χ3n) is 3.36. The number of amides is 1. The smallest absolute Gasteiger partial charge is 0.255 e. The first kappa shape index (κ1) is 14.7.